The van der Waals surface area contributed by atoms with Crippen LogP contribution in [0.1, 0.15) is 42.5 Å². The van der Waals surface area contributed by atoms with E-state index in [1.807, 2.05) is 9.80 Å². The molecular weight excluding hydrogens is 350 g/mol. The lowest BCUT2D eigenvalue weighted by Crippen LogP contribution is -2.48. The largest absolute Gasteiger partial charge is 0.341 e. The van der Waals surface area contributed by atoms with Gasteiger partial charge in [0.1, 0.15) is 0 Å². The van der Waals surface area contributed by atoms with Gasteiger partial charge in [-0.3, -0.25) is 9.59 Å². The highest BCUT2D eigenvalue weighted by Gasteiger charge is 2.35. The van der Waals surface area contributed by atoms with Crippen LogP contribution in [0.25, 0.3) is 0 Å². The summed E-state index contributed by atoms with van der Waals surface area (Å²) in [6.45, 7) is 2.90. The van der Waals surface area contributed by atoms with Gasteiger partial charge in [0.2, 0.25) is 5.91 Å². The van der Waals surface area contributed by atoms with Crippen molar-refractivity contribution < 1.29 is 9.59 Å². The Hall–Kier alpha value is -1.59. The third-order valence-corrected chi connectivity index (χ3v) is 6.24. The quantitative estimate of drug-likeness (QED) is 0.864. The van der Waals surface area contributed by atoms with Crippen molar-refractivity contribution in [2.45, 2.75) is 44.2 Å². The smallest absolute Gasteiger partial charge is 0.253 e. The summed E-state index contributed by atoms with van der Waals surface area (Å²) < 4.78 is 0. The summed E-state index contributed by atoms with van der Waals surface area (Å²) in [5, 5.41) is 4.25. The van der Waals surface area contributed by atoms with Crippen LogP contribution >= 0.6 is 11.6 Å². The van der Waals surface area contributed by atoms with Gasteiger partial charge in [0.25, 0.3) is 5.91 Å². The first kappa shape index (κ1) is 17.8. The van der Waals surface area contributed by atoms with Crippen LogP contribution in [0.15, 0.2) is 24.3 Å². The number of amides is 2. The van der Waals surface area contributed by atoms with E-state index < -0.39 is 0 Å². The van der Waals surface area contributed by atoms with Crippen molar-refractivity contribution in [3.8, 4) is 0 Å². The van der Waals surface area contributed by atoms with E-state index in [1.165, 1.54) is 12.8 Å². The third-order valence-electron chi connectivity index (χ3n) is 5.98. The highest BCUT2D eigenvalue weighted by Crippen LogP contribution is 2.25. The van der Waals surface area contributed by atoms with Gasteiger partial charge in [-0.15, -0.1) is 0 Å². The van der Waals surface area contributed by atoms with E-state index in [0.29, 0.717) is 29.2 Å². The summed E-state index contributed by atoms with van der Waals surface area (Å²) in [7, 11) is 0. The molecule has 26 heavy (non-hydrogen) atoms. The highest BCUT2D eigenvalue weighted by atomic mass is 35.5. The van der Waals surface area contributed by atoms with Gasteiger partial charge in [-0.05, 0) is 56.4 Å². The topological polar surface area (TPSA) is 52.7 Å². The Kier molecular flexibility index (Phi) is 5.18. The number of nitrogens with one attached hydrogen (secondary N) is 1. The zero-order valence-corrected chi connectivity index (χ0v) is 15.8. The second-order valence-electron chi connectivity index (χ2n) is 7.81. The summed E-state index contributed by atoms with van der Waals surface area (Å²) in [4.78, 5) is 29.7. The fourth-order valence-electron chi connectivity index (χ4n) is 4.54. The SMILES string of the molecule is O=C(c1ccc(Cl)cc1)N1CCCC(C(=O)N2CCC3CCC(C2)N3)C1. The molecule has 0 radical (unpaired) electrons. The second kappa shape index (κ2) is 7.57. The van der Waals surface area contributed by atoms with Crippen LogP contribution in [-0.2, 0) is 4.79 Å². The highest BCUT2D eigenvalue weighted by molar-refractivity contribution is 6.30. The Morgan fingerprint density at radius 2 is 1.69 bits per heavy atom. The number of likely N-dealkylation sites (tertiary alicyclic amines) is 2. The van der Waals surface area contributed by atoms with Crippen molar-refractivity contribution in [1.29, 1.82) is 0 Å². The number of carbonyl (C=O) groups excluding carboxylic acids is 2. The summed E-state index contributed by atoms with van der Waals surface area (Å²) >= 11 is 5.91. The van der Waals surface area contributed by atoms with E-state index in [1.54, 1.807) is 24.3 Å². The molecule has 1 aromatic carbocycles. The third kappa shape index (κ3) is 3.74. The van der Waals surface area contributed by atoms with Gasteiger partial charge < -0.3 is 15.1 Å². The van der Waals surface area contributed by atoms with Crippen LogP contribution in [0.2, 0.25) is 5.02 Å². The van der Waals surface area contributed by atoms with Crippen molar-refractivity contribution in [1.82, 2.24) is 15.1 Å². The molecule has 3 unspecified atom stereocenters. The molecule has 1 N–H and O–H groups in total. The fourth-order valence-corrected chi connectivity index (χ4v) is 4.67. The maximum atomic E-state index is 13.1. The number of rotatable bonds is 2. The molecule has 140 valence electrons. The van der Waals surface area contributed by atoms with Crippen LogP contribution < -0.4 is 5.32 Å². The molecule has 3 aliphatic rings. The lowest BCUT2D eigenvalue weighted by molar-refractivity contribution is -0.137. The van der Waals surface area contributed by atoms with Crippen LogP contribution in [-0.4, -0.2) is 59.9 Å². The van der Waals surface area contributed by atoms with Gasteiger partial charge in [0.15, 0.2) is 0 Å². The standard InChI is InChI=1S/C20H26ClN3O2/c21-16-5-3-14(4-6-16)19(25)23-10-1-2-15(12-23)20(26)24-11-9-17-7-8-18(13-24)22-17/h3-6,15,17-18,22H,1-2,7-13H2. The molecule has 3 heterocycles. The maximum Gasteiger partial charge on any atom is 0.253 e. The number of hydrogen-bond acceptors (Lipinski definition) is 3. The van der Waals surface area contributed by atoms with Gasteiger partial charge in [0.05, 0.1) is 5.92 Å². The van der Waals surface area contributed by atoms with Crippen LogP contribution in [0, 0.1) is 5.92 Å². The molecule has 2 bridgehead atoms. The minimum Gasteiger partial charge on any atom is -0.341 e. The number of piperidine rings is 1. The molecule has 3 saturated heterocycles. The van der Waals surface area contributed by atoms with E-state index in [0.717, 1.165) is 38.9 Å². The molecule has 0 spiro atoms. The number of carbonyl (C=O) groups is 2. The molecule has 5 nitrogen and oxygen atoms in total. The fraction of sp³-hybridized carbons (Fsp3) is 0.600. The number of nitrogens with zero attached hydrogens (tertiary/aromatic N) is 2. The minimum atomic E-state index is -0.0726. The molecule has 0 saturated carbocycles. The Labute approximate surface area is 159 Å². The molecule has 2 amide bonds. The van der Waals surface area contributed by atoms with Crippen LogP contribution in [0.5, 0.6) is 0 Å². The number of benzene rings is 1. The molecule has 3 fully saturated rings. The number of fused-ring (bicyclic) bond motifs is 2. The minimum absolute atomic E-state index is 0.00393. The Bertz CT molecular complexity index is 678. The zero-order chi connectivity index (χ0) is 18.1. The van der Waals surface area contributed by atoms with Gasteiger partial charge in [-0.1, -0.05) is 11.6 Å². The second-order valence-corrected chi connectivity index (χ2v) is 8.24. The predicted octanol–water partition coefficient (Wildman–Crippen LogP) is 2.55. The van der Waals surface area contributed by atoms with E-state index in [2.05, 4.69) is 5.32 Å². The first-order valence-corrected chi connectivity index (χ1v) is 10.1. The summed E-state index contributed by atoms with van der Waals surface area (Å²) in [5.41, 5.74) is 0.638. The normalized spacial score (nSPS) is 28.7. The molecule has 3 aliphatic heterocycles. The van der Waals surface area contributed by atoms with Gasteiger partial charge in [-0.25, -0.2) is 0 Å². The summed E-state index contributed by atoms with van der Waals surface area (Å²) in [6.07, 6.45) is 5.21. The summed E-state index contributed by atoms with van der Waals surface area (Å²) in [5.74, 6) is 0.153. The maximum absolute atomic E-state index is 13.1. The van der Waals surface area contributed by atoms with Crippen molar-refractivity contribution in [3.63, 3.8) is 0 Å². The molecule has 6 heteroatoms. The Balaban J connectivity index is 1.40. The molecule has 4 rings (SSSR count). The van der Waals surface area contributed by atoms with Gasteiger partial charge in [-0.2, -0.15) is 0 Å². The monoisotopic (exact) mass is 375 g/mol. The van der Waals surface area contributed by atoms with Gasteiger partial charge in [0, 0.05) is 48.8 Å². The van der Waals surface area contributed by atoms with Crippen molar-refractivity contribution in [2.24, 2.45) is 5.92 Å². The molecule has 3 atom stereocenters. The molecule has 0 aliphatic carbocycles. The number of halogens is 1. The Morgan fingerprint density at radius 3 is 2.50 bits per heavy atom. The Morgan fingerprint density at radius 1 is 0.923 bits per heavy atom. The average molecular weight is 376 g/mol. The first-order chi connectivity index (χ1) is 12.6. The molecular formula is C20H26ClN3O2. The van der Waals surface area contributed by atoms with Gasteiger partial charge >= 0.3 is 0 Å². The number of hydrogen-bond donors (Lipinski definition) is 1. The zero-order valence-electron chi connectivity index (χ0n) is 15.0. The molecule has 0 aromatic heterocycles. The lowest BCUT2D eigenvalue weighted by atomic mass is 9.95. The predicted molar refractivity (Wildman–Crippen MR) is 101 cm³/mol. The van der Waals surface area contributed by atoms with Crippen molar-refractivity contribution >= 4 is 23.4 Å². The molecule has 1 aromatic rings. The average Bonchev–Trinajstić information content (AvgIpc) is 3.00. The summed E-state index contributed by atoms with van der Waals surface area (Å²) in [6, 6.07) is 8.01. The first-order valence-electron chi connectivity index (χ1n) is 9.70. The van der Waals surface area contributed by atoms with E-state index in [4.69, 9.17) is 11.6 Å². The van der Waals surface area contributed by atoms with Crippen LogP contribution in [0.3, 0.4) is 0 Å². The van der Waals surface area contributed by atoms with E-state index >= 15 is 0 Å². The van der Waals surface area contributed by atoms with E-state index in [-0.39, 0.29) is 17.7 Å². The lowest BCUT2D eigenvalue weighted by Gasteiger charge is -2.35. The van der Waals surface area contributed by atoms with E-state index in [9.17, 15) is 9.59 Å². The van der Waals surface area contributed by atoms with Crippen molar-refractivity contribution in [3.05, 3.63) is 34.9 Å². The van der Waals surface area contributed by atoms with Crippen molar-refractivity contribution in [2.75, 3.05) is 26.2 Å². The van der Waals surface area contributed by atoms with Crippen LogP contribution in [0.4, 0.5) is 0 Å².